The van der Waals surface area contributed by atoms with Gasteiger partial charge in [-0.1, -0.05) is 66.7 Å². The number of rotatable bonds is 4. The second-order valence-electron chi connectivity index (χ2n) is 11.0. The zero-order valence-electron chi connectivity index (χ0n) is 21.1. The van der Waals surface area contributed by atoms with E-state index in [0.29, 0.717) is 0 Å². The summed E-state index contributed by atoms with van der Waals surface area (Å²) >= 11 is 0. The van der Waals surface area contributed by atoms with Crippen LogP contribution in [-0.2, 0) is 5.21 Å². The van der Waals surface area contributed by atoms with E-state index in [-0.39, 0.29) is 6.04 Å². The molecule has 1 aliphatic heterocycles. The molecule has 1 fully saturated rings. The van der Waals surface area contributed by atoms with E-state index >= 15 is 0 Å². The smallest absolute Gasteiger partial charge is 0.188 e. The summed E-state index contributed by atoms with van der Waals surface area (Å²) in [7, 11) is 0. The zero-order chi connectivity index (χ0) is 24.6. The normalized spacial score (nSPS) is 17.9. The van der Waals surface area contributed by atoms with E-state index in [1.54, 1.807) is 0 Å². The SMILES string of the molecule is CC1(C)CC([n+]2c(-c3ccccc3)cc(-c3ccccc3)cc2-c2ccccc2)CC(C)(C)N1[O]. The largest absolute Gasteiger partial charge is 0.213 e. The molecule has 1 radical (unpaired) electrons. The summed E-state index contributed by atoms with van der Waals surface area (Å²) in [5, 5.41) is 14.5. The third-order valence-electron chi connectivity index (χ3n) is 7.28. The maximum absolute atomic E-state index is 13.2. The number of nitrogens with zero attached hydrogens (tertiary/aromatic N) is 2. The highest BCUT2D eigenvalue weighted by Crippen LogP contribution is 2.42. The number of benzene rings is 3. The molecule has 3 nitrogen and oxygen atoms in total. The van der Waals surface area contributed by atoms with Gasteiger partial charge in [-0.2, -0.15) is 4.57 Å². The van der Waals surface area contributed by atoms with E-state index < -0.39 is 11.1 Å². The van der Waals surface area contributed by atoms with Gasteiger partial charge in [0.2, 0.25) is 11.4 Å². The number of aromatic nitrogens is 1. The Morgan fingerprint density at radius 1 is 0.600 bits per heavy atom. The van der Waals surface area contributed by atoms with Gasteiger partial charge in [-0.05, 0) is 63.1 Å². The van der Waals surface area contributed by atoms with Gasteiger partial charge in [0.25, 0.3) is 0 Å². The molecule has 0 unspecified atom stereocenters. The maximum Gasteiger partial charge on any atom is 0.213 e. The molecule has 1 aromatic heterocycles. The second-order valence-corrected chi connectivity index (χ2v) is 11.0. The van der Waals surface area contributed by atoms with Crippen molar-refractivity contribution in [3.05, 3.63) is 103 Å². The average Bonchev–Trinajstić information content (AvgIpc) is 2.87. The topological polar surface area (TPSA) is 27.0 Å². The van der Waals surface area contributed by atoms with Gasteiger partial charge in [-0.25, -0.2) is 0 Å². The Morgan fingerprint density at radius 3 is 1.37 bits per heavy atom. The molecule has 0 amide bonds. The van der Waals surface area contributed by atoms with Crippen LogP contribution in [-0.4, -0.2) is 16.1 Å². The van der Waals surface area contributed by atoms with Gasteiger partial charge >= 0.3 is 0 Å². The lowest BCUT2D eigenvalue weighted by Gasteiger charge is -2.48. The molecule has 0 spiro atoms. The molecule has 4 aromatic rings. The first kappa shape index (κ1) is 23.5. The molecule has 3 aromatic carbocycles. The monoisotopic (exact) mass is 462 g/mol. The molecular weight excluding hydrogens is 428 g/mol. The summed E-state index contributed by atoms with van der Waals surface area (Å²) in [5.41, 5.74) is 6.20. The van der Waals surface area contributed by atoms with Gasteiger partial charge in [0.05, 0.1) is 11.1 Å². The first-order valence-electron chi connectivity index (χ1n) is 12.5. The second kappa shape index (κ2) is 9.07. The fourth-order valence-electron chi connectivity index (χ4n) is 5.85. The van der Waals surface area contributed by atoms with Crippen LogP contribution in [0.2, 0.25) is 0 Å². The van der Waals surface area contributed by atoms with Gasteiger partial charge in [-0.3, -0.25) is 0 Å². The fraction of sp³-hybridized carbons (Fsp3) is 0.281. The van der Waals surface area contributed by atoms with Crippen LogP contribution in [0, 0.1) is 0 Å². The summed E-state index contributed by atoms with van der Waals surface area (Å²) < 4.78 is 2.51. The molecule has 1 saturated heterocycles. The highest BCUT2D eigenvalue weighted by atomic mass is 16.5. The van der Waals surface area contributed by atoms with E-state index in [4.69, 9.17) is 0 Å². The molecule has 0 atom stereocenters. The van der Waals surface area contributed by atoms with Crippen molar-refractivity contribution in [3.63, 3.8) is 0 Å². The molecule has 1 aliphatic rings. The lowest BCUT2D eigenvalue weighted by atomic mass is 9.78. The fourth-order valence-corrected chi connectivity index (χ4v) is 5.85. The van der Waals surface area contributed by atoms with E-state index in [1.165, 1.54) is 38.7 Å². The Balaban J connectivity index is 1.81. The first-order chi connectivity index (χ1) is 16.8. The highest BCUT2D eigenvalue weighted by molar-refractivity contribution is 5.73. The van der Waals surface area contributed by atoms with E-state index in [2.05, 4.69) is 135 Å². The van der Waals surface area contributed by atoms with Gasteiger partial charge in [0, 0.05) is 36.1 Å². The minimum Gasteiger partial charge on any atom is -0.188 e. The molecular formula is C32H34N2O+. The summed E-state index contributed by atoms with van der Waals surface area (Å²) in [6.07, 6.45) is 1.57. The number of hydrogen-bond acceptors (Lipinski definition) is 1. The van der Waals surface area contributed by atoms with Gasteiger partial charge < -0.3 is 0 Å². The van der Waals surface area contributed by atoms with Crippen molar-refractivity contribution in [2.45, 2.75) is 57.7 Å². The van der Waals surface area contributed by atoms with Gasteiger partial charge in [0.15, 0.2) is 6.04 Å². The molecule has 0 aliphatic carbocycles. The molecule has 2 heterocycles. The summed E-state index contributed by atoms with van der Waals surface area (Å²) in [6.45, 7) is 8.32. The lowest BCUT2D eigenvalue weighted by Crippen LogP contribution is -2.62. The summed E-state index contributed by atoms with van der Waals surface area (Å²) in [5.74, 6) is 0. The van der Waals surface area contributed by atoms with Crippen molar-refractivity contribution in [1.29, 1.82) is 0 Å². The van der Waals surface area contributed by atoms with E-state index in [1.807, 2.05) is 0 Å². The molecule has 5 rings (SSSR count). The molecule has 3 heteroatoms. The van der Waals surface area contributed by atoms with Crippen LogP contribution in [0.25, 0.3) is 33.6 Å². The third-order valence-corrected chi connectivity index (χ3v) is 7.28. The molecule has 0 N–H and O–H groups in total. The van der Waals surface area contributed by atoms with E-state index in [9.17, 15) is 5.21 Å². The number of piperidine rings is 1. The minimum atomic E-state index is -0.459. The van der Waals surface area contributed by atoms with Crippen LogP contribution in [0.15, 0.2) is 103 Å². The summed E-state index contributed by atoms with van der Waals surface area (Å²) in [4.78, 5) is 0. The Kier molecular flexibility index (Phi) is 6.08. The van der Waals surface area contributed by atoms with Crippen molar-refractivity contribution in [2.24, 2.45) is 0 Å². The Hall–Kier alpha value is -3.27. The lowest BCUT2D eigenvalue weighted by molar-refractivity contribution is -0.711. The molecule has 35 heavy (non-hydrogen) atoms. The van der Waals surface area contributed by atoms with Crippen molar-refractivity contribution < 1.29 is 9.77 Å². The average molecular weight is 463 g/mol. The van der Waals surface area contributed by atoms with Crippen molar-refractivity contribution in [2.75, 3.05) is 0 Å². The maximum atomic E-state index is 13.2. The summed E-state index contributed by atoms with van der Waals surface area (Å²) in [6, 6.07) is 36.7. The zero-order valence-corrected chi connectivity index (χ0v) is 21.1. The van der Waals surface area contributed by atoms with Gasteiger partial charge in [-0.15, -0.1) is 10.3 Å². The van der Waals surface area contributed by atoms with E-state index in [0.717, 1.165) is 12.8 Å². The Bertz CT molecular complexity index is 1220. The third kappa shape index (κ3) is 4.54. The predicted octanol–water partition coefficient (Wildman–Crippen LogP) is 7.51. The first-order valence-corrected chi connectivity index (χ1v) is 12.5. The van der Waals surface area contributed by atoms with Crippen LogP contribution in [0.5, 0.6) is 0 Å². The predicted molar refractivity (Wildman–Crippen MR) is 142 cm³/mol. The van der Waals surface area contributed by atoms with Crippen molar-refractivity contribution >= 4 is 0 Å². The molecule has 0 bridgehead atoms. The Labute approximate surface area is 209 Å². The van der Waals surface area contributed by atoms with Crippen LogP contribution in [0.4, 0.5) is 0 Å². The van der Waals surface area contributed by atoms with Crippen LogP contribution >= 0.6 is 0 Å². The number of hydroxylamine groups is 2. The molecule has 177 valence electrons. The van der Waals surface area contributed by atoms with Crippen LogP contribution in [0.3, 0.4) is 0 Å². The van der Waals surface area contributed by atoms with Gasteiger partial charge in [0.1, 0.15) is 0 Å². The quantitative estimate of drug-likeness (QED) is 0.288. The van der Waals surface area contributed by atoms with Crippen molar-refractivity contribution in [3.8, 4) is 33.6 Å². The number of pyridine rings is 1. The van der Waals surface area contributed by atoms with Crippen molar-refractivity contribution in [1.82, 2.24) is 5.06 Å². The highest BCUT2D eigenvalue weighted by Gasteiger charge is 2.50. The minimum absolute atomic E-state index is 0.181. The Morgan fingerprint density at radius 2 is 0.971 bits per heavy atom. The molecule has 0 saturated carbocycles. The van der Waals surface area contributed by atoms with Crippen LogP contribution < -0.4 is 4.57 Å². The van der Waals surface area contributed by atoms with Crippen LogP contribution in [0.1, 0.15) is 46.6 Å². The number of hydrogen-bond donors (Lipinski definition) is 0. The standard InChI is InChI=1S/C32H34N2O/c1-31(2)22-28(23-32(3,4)34(31)35)33-29(25-16-10-6-11-17-25)20-27(24-14-8-5-9-15-24)21-30(33)26-18-12-7-13-19-26/h5-21,28H,22-23H2,1-4H3/q+1.